The predicted octanol–water partition coefficient (Wildman–Crippen LogP) is 2.67. The van der Waals surface area contributed by atoms with E-state index < -0.39 is 5.69 Å². The molecule has 0 aliphatic heterocycles. The topological polar surface area (TPSA) is 82.3 Å². The Kier molecular flexibility index (Phi) is 5.75. The first kappa shape index (κ1) is 18.9. The predicted molar refractivity (Wildman–Crippen MR) is 107 cm³/mol. The van der Waals surface area contributed by atoms with E-state index in [1.165, 1.54) is 20.5 Å². The Morgan fingerprint density at radius 1 is 1.11 bits per heavy atom. The molecule has 0 spiro atoms. The molecule has 2 heterocycles. The third kappa shape index (κ3) is 3.95. The summed E-state index contributed by atoms with van der Waals surface area (Å²) in [7, 11) is 0. The first-order valence-corrected chi connectivity index (χ1v) is 9.66. The summed E-state index contributed by atoms with van der Waals surface area (Å²) in [4.78, 5) is 37.7. The van der Waals surface area contributed by atoms with Gasteiger partial charge in [-0.05, 0) is 49.1 Å². The van der Waals surface area contributed by atoms with Crippen molar-refractivity contribution < 1.29 is 9.53 Å². The van der Waals surface area contributed by atoms with Crippen molar-refractivity contribution in [2.45, 2.75) is 33.4 Å². The number of thiophene rings is 1. The summed E-state index contributed by atoms with van der Waals surface area (Å²) in [6, 6.07) is 8.71. The second-order valence-corrected chi connectivity index (χ2v) is 6.88. The van der Waals surface area contributed by atoms with Crippen molar-refractivity contribution >= 4 is 33.1 Å². The second-order valence-electron chi connectivity index (χ2n) is 5.97. The van der Waals surface area contributed by atoms with E-state index in [-0.39, 0.29) is 18.0 Å². The largest absolute Gasteiger partial charge is 0.494 e. The molecule has 0 fully saturated rings. The van der Waals surface area contributed by atoms with Gasteiger partial charge in [0.25, 0.3) is 5.56 Å². The van der Waals surface area contributed by atoms with E-state index in [9.17, 15) is 14.4 Å². The van der Waals surface area contributed by atoms with E-state index in [4.69, 9.17) is 4.74 Å². The summed E-state index contributed by atoms with van der Waals surface area (Å²) in [5.41, 5.74) is 0.341. The van der Waals surface area contributed by atoms with Crippen LogP contribution in [-0.4, -0.2) is 21.6 Å². The number of rotatable bonds is 7. The molecule has 8 heteroatoms. The number of fused-ring (bicyclic) bond motifs is 1. The molecule has 1 N–H and O–H groups in total. The standard InChI is InChI=1S/C19H21N3O4S/c1-3-10-21-18(24)17-15(9-11-27-17)22(19(21)25)12-16(23)20-13-5-7-14(8-6-13)26-4-2/h5-9,11H,3-4,10,12H2,1-2H3,(H,20,23). The molecule has 0 aliphatic carbocycles. The average molecular weight is 387 g/mol. The highest BCUT2D eigenvalue weighted by atomic mass is 32.1. The van der Waals surface area contributed by atoms with Crippen LogP contribution in [0.25, 0.3) is 10.2 Å². The fourth-order valence-electron chi connectivity index (χ4n) is 2.85. The lowest BCUT2D eigenvalue weighted by Crippen LogP contribution is -2.41. The van der Waals surface area contributed by atoms with Gasteiger partial charge in [0.1, 0.15) is 17.0 Å². The van der Waals surface area contributed by atoms with Crippen molar-refractivity contribution in [2.24, 2.45) is 0 Å². The number of hydrogen-bond donors (Lipinski definition) is 1. The summed E-state index contributed by atoms with van der Waals surface area (Å²) in [6.07, 6.45) is 0.657. The summed E-state index contributed by atoms with van der Waals surface area (Å²) < 4.78 is 8.41. The lowest BCUT2D eigenvalue weighted by atomic mass is 10.3. The Morgan fingerprint density at radius 3 is 2.52 bits per heavy atom. The van der Waals surface area contributed by atoms with Crippen LogP contribution in [0.1, 0.15) is 20.3 Å². The number of hydrogen-bond acceptors (Lipinski definition) is 5. The van der Waals surface area contributed by atoms with Gasteiger partial charge in [-0.2, -0.15) is 0 Å². The fraction of sp³-hybridized carbons (Fsp3) is 0.316. The monoisotopic (exact) mass is 387 g/mol. The first-order valence-electron chi connectivity index (χ1n) is 8.78. The summed E-state index contributed by atoms with van der Waals surface area (Å²) >= 11 is 1.28. The van der Waals surface area contributed by atoms with Crippen LogP contribution in [0.5, 0.6) is 5.75 Å². The normalized spacial score (nSPS) is 10.9. The molecule has 1 amide bonds. The molecular formula is C19H21N3O4S. The number of nitrogens with zero attached hydrogens (tertiary/aromatic N) is 2. The molecule has 2 aromatic heterocycles. The first-order chi connectivity index (χ1) is 13.0. The number of anilines is 1. The van der Waals surface area contributed by atoms with Gasteiger partial charge in [-0.1, -0.05) is 6.92 Å². The van der Waals surface area contributed by atoms with Crippen molar-refractivity contribution in [3.8, 4) is 5.75 Å². The van der Waals surface area contributed by atoms with Gasteiger partial charge in [-0.15, -0.1) is 11.3 Å². The molecule has 0 saturated carbocycles. The lowest BCUT2D eigenvalue weighted by Gasteiger charge is -2.12. The van der Waals surface area contributed by atoms with Gasteiger partial charge >= 0.3 is 5.69 Å². The van der Waals surface area contributed by atoms with E-state index in [2.05, 4.69) is 5.32 Å². The highest BCUT2D eigenvalue weighted by molar-refractivity contribution is 7.17. The van der Waals surface area contributed by atoms with Gasteiger partial charge in [-0.3, -0.25) is 18.7 Å². The van der Waals surface area contributed by atoms with Gasteiger partial charge in [-0.25, -0.2) is 4.79 Å². The van der Waals surface area contributed by atoms with Crippen LogP contribution >= 0.6 is 11.3 Å². The van der Waals surface area contributed by atoms with Crippen LogP contribution in [0.4, 0.5) is 5.69 Å². The Morgan fingerprint density at radius 2 is 1.85 bits per heavy atom. The number of benzene rings is 1. The lowest BCUT2D eigenvalue weighted by molar-refractivity contribution is -0.116. The Bertz CT molecular complexity index is 1060. The van der Waals surface area contributed by atoms with Crippen molar-refractivity contribution in [3.05, 3.63) is 56.5 Å². The summed E-state index contributed by atoms with van der Waals surface area (Å²) in [5, 5.41) is 4.52. The minimum Gasteiger partial charge on any atom is -0.494 e. The molecule has 142 valence electrons. The summed E-state index contributed by atoms with van der Waals surface area (Å²) in [6.45, 7) is 4.53. The molecule has 3 rings (SSSR count). The van der Waals surface area contributed by atoms with Crippen molar-refractivity contribution in [1.29, 1.82) is 0 Å². The number of aromatic nitrogens is 2. The Balaban J connectivity index is 1.87. The zero-order valence-electron chi connectivity index (χ0n) is 15.2. The minimum atomic E-state index is -0.463. The number of nitrogens with one attached hydrogen (secondary N) is 1. The summed E-state index contributed by atoms with van der Waals surface area (Å²) in [5.74, 6) is 0.383. The minimum absolute atomic E-state index is 0.163. The molecular weight excluding hydrogens is 366 g/mol. The van der Waals surface area contributed by atoms with Crippen molar-refractivity contribution in [2.75, 3.05) is 11.9 Å². The highest BCUT2D eigenvalue weighted by Crippen LogP contribution is 2.17. The highest BCUT2D eigenvalue weighted by Gasteiger charge is 2.16. The molecule has 0 radical (unpaired) electrons. The molecule has 7 nitrogen and oxygen atoms in total. The maximum atomic E-state index is 12.7. The van der Waals surface area contributed by atoms with Crippen molar-refractivity contribution in [3.63, 3.8) is 0 Å². The number of carbonyl (C=O) groups is 1. The smallest absolute Gasteiger partial charge is 0.332 e. The van der Waals surface area contributed by atoms with Crippen LogP contribution < -0.4 is 21.3 Å². The zero-order valence-corrected chi connectivity index (χ0v) is 16.0. The second kappa shape index (κ2) is 8.22. The van der Waals surface area contributed by atoms with Crippen LogP contribution in [-0.2, 0) is 17.9 Å². The van der Waals surface area contributed by atoms with Gasteiger partial charge in [0.2, 0.25) is 5.91 Å². The average Bonchev–Trinajstić information content (AvgIpc) is 3.14. The number of ether oxygens (including phenoxy) is 1. The molecule has 3 aromatic rings. The fourth-order valence-corrected chi connectivity index (χ4v) is 3.70. The molecule has 1 aromatic carbocycles. The molecule has 0 unspecified atom stereocenters. The third-order valence-corrected chi connectivity index (χ3v) is 4.93. The van der Waals surface area contributed by atoms with Gasteiger partial charge in [0, 0.05) is 12.2 Å². The van der Waals surface area contributed by atoms with Crippen LogP contribution in [0.3, 0.4) is 0 Å². The van der Waals surface area contributed by atoms with Crippen LogP contribution in [0.15, 0.2) is 45.3 Å². The van der Waals surface area contributed by atoms with Gasteiger partial charge in [0.15, 0.2) is 0 Å². The SMILES string of the molecule is CCCn1c(=O)c2sccc2n(CC(=O)Nc2ccc(OCC)cc2)c1=O. The van der Waals surface area contributed by atoms with Crippen LogP contribution in [0.2, 0.25) is 0 Å². The van der Waals surface area contributed by atoms with E-state index >= 15 is 0 Å². The molecule has 0 aliphatic rings. The number of carbonyl (C=O) groups excluding carboxylic acids is 1. The third-order valence-electron chi connectivity index (χ3n) is 4.03. The Labute approximate surface area is 159 Å². The molecule has 0 bridgehead atoms. The van der Waals surface area contributed by atoms with Gasteiger partial charge in [0.05, 0.1) is 12.1 Å². The maximum absolute atomic E-state index is 12.7. The van der Waals surface area contributed by atoms with Crippen LogP contribution in [0, 0.1) is 0 Å². The maximum Gasteiger partial charge on any atom is 0.332 e. The zero-order chi connectivity index (χ0) is 19.4. The number of amides is 1. The van der Waals surface area contributed by atoms with Crippen molar-refractivity contribution in [1.82, 2.24) is 9.13 Å². The Hall–Kier alpha value is -2.87. The molecule has 0 saturated heterocycles. The van der Waals surface area contributed by atoms with E-state index in [1.807, 2.05) is 13.8 Å². The molecule has 27 heavy (non-hydrogen) atoms. The van der Waals surface area contributed by atoms with Gasteiger partial charge < -0.3 is 10.1 Å². The quantitative estimate of drug-likeness (QED) is 0.676. The van der Waals surface area contributed by atoms with E-state index in [0.29, 0.717) is 35.5 Å². The molecule has 0 atom stereocenters. The van der Waals surface area contributed by atoms with E-state index in [0.717, 1.165) is 5.75 Å². The van der Waals surface area contributed by atoms with E-state index in [1.54, 1.807) is 35.7 Å².